The van der Waals surface area contributed by atoms with E-state index < -0.39 is 0 Å². The lowest BCUT2D eigenvalue weighted by molar-refractivity contribution is 0.332. The van der Waals surface area contributed by atoms with Gasteiger partial charge in [0.2, 0.25) is 0 Å². The van der Waals surface area contributed by atoms with Crippen LogP contribution < -0.4 is 14.8 Å². The second-order valence-electron chi connectivity index (χ2n) is 4.34. The Labute approximate surface area is 124 Å². The van der Waals surface area contributed by atoms with Gasteiger partial charge in [0.15, 0.2) is 0 Å². The first-order valence-corrected chi connectivity index (χ1v) is 6.93. The number of nitriles is 1. The van der Waals surface area contributed by atoms with Crippen molar-refractivity contribution in [2.75, 3.05) is 18.5 Å². The van der Waals surface area contributed by atoms with Crippen molar-refractivity contribution in [1.29, 1.82) is 5.26 Å². The van der Waals surface area contributed by atoms with Crippen molar-refractivity contribution in [3.63, 3.8) is 0 Å². The van der Waals surface area contributed by atoms with E-state index in [1.54, 1.807) is 12.1 Å². The summed E-state index contributed by atoms with van der Waals surface area (Å²) in [4.78, 5) is 0. The summed E-state index contributed by atoms with van der Waals surface area (Å²) in [6.07, 6.45) is 0. The van der Waals surface area contributed by atoms with E-state index in [9.17, 15) is 0 Å². The van der Waals surface area contributed by atoms with E-state index in [4.69, 9.17) is 14.7 Å². The standard InChI is InChI=1S/C17H18N2O2/c1-3-20-15-8-9-17(21-4-2)16(11-15)19-14-7-5-6-13(10-14)12-18/h5-11,19H,3-4H2,1-2H3. The van der Waals surface area contributed by atoms with Crippen LogP contribution >= 0.6 is 0 Å². The molecular weight excluding hydrogens is 264 g/mol. The topological polar surface area (TPSA) is 54.3 Å². The lowest BCUT2D eigenvalue weighted by Crippen LogP contribution is -1.99. The van der Waals surface area contributed by atoms with Crippen LogP contribution in [0, 0.1) is 11.3 Å². The van der Waals surface area contributed by atoms with Crippen LogP contribution in [0.1, 0.15) is 19.4 Å². The Morgan fingerprint density at radius 2 is 1.86 bits per heavy atom. The summed E-state index contributed by atoms with van der Waals surface area (Å²) in [7, 11) is 0. The molecule has 0 spiro atoms. The summed E-state index contributed by atoms with van der Waals surface area (Å²) in [5.74, 6) is 1.53. The van der Waals surface area contributed by atoms with Crippen LogP contribution in [0.2, 0.25) is 0 Å². The second kappa shape index (κ2) is 7.20. The Kier molecular flexibility index (Phi) is 5.05. The highest BCUT2D eigenvalue weighted by Crippen LogP contribution is 2.32. The smallest absolute Gasteiger partial charge is 0.142 e. The monoisotopic (exact) mass is 282 g/mol. The zero-order valence-corrected chi connectivity index (χ0v) is 12.2. The first kappa shape index (κ1) is 14.7. The highest BCUT2D eigenvalue weighted by atomic mass is 16.5. The summed E-state index contributed by atoms with van der Waals surface area (Å²) in [6, 6.07) is 15.1. The molecular formula is C17H18N2O2. The Morgan fingerprint density at radius 1 is 1.05 bits per heavy atom. The molecule has 0 atom stereocenters. The van der Waals surface area contributed by atoms with Crippen LogP contribution in [-0.2, 0) is 0 Å². The van der Waals surface area contributed by atoms with Gasteiger partial charge in [0.25, 0.3) is 0 Å². The van der Waals surface area contributed by atoms with Gasteiger partial charge in [0.05, 0.1) is 30.5 Å². The molecule has 0 aliphatic carbocycles. The molecule has 0 saturated heterocycles. The van der Waals surface area contributed by atoms with Gasteiger partial charge in [-0.1, -0.05) is 6.07 Å². The Morgan fingerprint density at radius 3 is 2.57 bits per heavy atom. The number of ether oxygens (including phenoxy) is 2. The fraction of sp³-hybridized carbons (Fsp3) is 0.235. The molecule has 0 aliphatic rings. The third-order valence-electron chi connectivity index (χ3n) is 2.83. The minimum Gasteiger partial charge on any atom is -0.494 e. The molecule has 0 fully saturated rings. The summed E-state index contributed by atoms with van der Waals surface area (Å²) >= 11 is 0. The molecule has 4 nitrogen and oxygen atoms in total. The number of rotatable bonds is 6. The summed E-state index contributed by atoms with van der Waals surface area (Å²) in [5.41, 5.74) is 2.26. The molecule has 0 aliphatic heterocycles. The van der Waals surface area contributed by atoms with Gasteiger partial charge in [-0.2, -0.15) is 5.26 Å². The summed E-state index contributed by atoms with van der Waals surface area (Å²) in [5, 5.41) is 12.2. The highest BCUT2D eigenvalue weighted by molar-refractivity contribution is 5.68. The van der Waals surface area contributed by atoms with Crippen molar-refractivity contribution >= 4 is 11.4 Å². The van der Waals surface area contributed by atoms with Gasteiger partial charge in [-0.25, -0.2) is 0 Å². The van der Waals surface area contributed by atoms with Crippen molar-refractivity contribution in [3.8, 4) is 17.6 Å². The van der Waals surface area contributed by atoms with Gasteiger partial charge in [-0.15, -0.1) is 0 Å². The van der Waals surface area contributed by atoms with Gasteiger partial charge in [0, 0.05) is 11.8 Å². The zero-order chi connectivity index (χ0) is 15.1. The molecule has 21 heavy (non-hydrogen) atoms. The second-order valence-corrected chi connectivity index (χ2v) is 4.34. The van der Waals surface area contributed by atoms with E-state index in [2.05, 4.69) is 11.4 Å². The van der Waals surface area contributed by atoms with E-state index >= 15 is 0 Å². The largest absolute Gasteiger partial charge is 0.494 e. The van der Waals surface area contributed by atoms with Crippen molar-refractivity contribution in [1.82, 2.24) is 0 Å². The number of benzene rings is 2. The zero-order valence-electron chi connectivity index (χ0n) is 12.2. The molecule has 0 unspecified atom stereocenters. The van der Waals surface area contributed by atoms with Crippen molar-refractivity contribution < 1.29 is 9.47 Å². The Hall–Kier alpha value is -2.67. The molecule has 2 rings (SSSR count). The maximum absolute atomic E-state index is 8.96. The third-order valence-corrected chi connectivity index (χ3v) is 2.83. The normalized spacial score (nSPS) is 9.76. The van der Waals surface area contributed by atoms with Crippen LogP contribution in [-0.4, -0.2) is 13.2 Å². The predicted octanol–water partition coefficient (Wildman–Crippen LogP) is 4.10. The predicted molar refractivity (Wildman–Crippen MR) is 83.2 cm³/mol. The summed E-state index contributed by atoms with van der Waals surface area (Å²) in [6.45, 7) is 5.08. The van der Waals surface area contributed by atoms with Crippen LogP contribution in [0.15, 0.2) is 42.5 Å². The van der Waals surface area contributed by atoms with Crippen LogP contribution in [0.3, 0.4) is 0 Å². The van der Waals surface area contributed by atoms with E-state index in [0.717, 1.165) is 22.9 Å². The molecule has 108 valence electrons. The summed E-state index contributed by atoms with van der Waals surface area (Å²) < 4.78 is 11.1. The van der Waals surface area contributed by atoms with Gasteiger partial charge in [-0.3, -0.25) is 0 Å². The first-order chi connectivity index (χ1) is 10.3. The molecule has 0 radical (unpaired) electrons. The van der Waals surface area contributed by atoms with Gasteiger partial charge < -0.3 is 14.8 Å². The number of nitrogens with zero attached hydrogens (tertiary/aromatic N) is 1. The lowest BCUT2D eigenvalue weighted by Gasteiger charge is -2.14. The average molecular weight is 282 g/mol. The van der Waals surface area contributed by atoms with Gasteiger partial charge >= 0.3 is 0 Å². The number of anilines is 2. The molecule has 0 amide bonds. The number of hydrogen-bond donors (Lipinski definition) is 1. The molecule has 0 aromatic heterocycles. The highest BCUT2D eigenvalue weighted by Gasteiger charge is 2.07. The van der Waals surface area contributed by atoms with Gasteiger partial charge in [-0.05, 0) is 44.2 Å². The SMILES string of the molecule is CCOc1ccc(OCC)c(Nc2cccc(C#N)c2)c1. The minimum atomic E-state index is 0.584. The Bertz CT molecular complexity index is 647. The maximum Gasteiger partial charge on any atom is 0.142 e. The van der Waals surface area contributed by atoms with E-state index in [1.807, 2.05) is 44.2 Å². The van der Waals surface area contributed by atoms with Crippen LogP contribution in [0.5, 0.6) is 11.5 Å². The number of nitrogens with one attached hydrogen (secondary N) is 1. The van der Waals surface area contributed by atoms with E-state index in [1.165, 1.54) is 0 Å². The molecule has 2 aromatic carbocycles. The fourth-order valence-electron chi connectivity index (χ4n) is 1.97. The molecule has 0 bridgehead atoms. The van der Waals surface area contributed by atoms with Crippen molar-refractivity contribution in [3.05, 3.63) is 48.0 Å². The number of hydrogen-bond acceptors (Lipinski definition) is 4. The maximum atomic E-state index is 8.96. The van der Waals surface area contributed by atoms with Crippen LogP contribution in [0.25, 0.3) is 0 Å². The van der Waals surface area contributed by atoms with E-state index in [-0.39, 0.29) is 0 Å². The molecule has 2 aromatic rings. The molecule has 4 heteroatoms. The van der Waals surface area contributed by atoms with Crippen molar-refractivity contribution in [2.24, 2.45) is 0 Å². The fourth-order valence-corrected chi connectivity index (χ4v) is 1.97. The average Bonchev–Trinajstić information content (AvgIpc) is 2.50. The van der Waals surface area contributed by atoms with Crippen LogP contribution in [0.4, 0.5) is 11.4 Å². The van der Waals surface area contributed by atoms with Crippen molar-refractivity contribution in [2.45, 2.75) is 13.8 Å². The quantitative estimate of drug-likeness (QED) is 0.866. The Balaban J connectivity index is 2.31. The van der Waals surface area contributed by atoms with E-state index in [0.29, 0.717) is 18.8 Å². The molecule has 0 saturated carbocycles. The molecule has 1 N–H and O–H groups in total. The molecule has 0 heterocycles. The first-order valence-electron chi connectivity index (χ1n) is 6.93. The van der Waals surface area contributed by atoms with Gasteiger partial charge in [0.1, 0.15) is 11.5 Å². The lowest BCUT2D eigenvalue weighted by atomic mass is 10.2. The minimum absolute atomic E-state index is 0.584. The third kappa shape index (κ3) is 3.90.